The Hall–Kier alpha value is -1.02. The van der Waals surface area contributed by atoms with E-state index in [4.69, 9.17) is 0 Å². The Balaban J connectivity index is 2.61. The maximum atomic E-state index is 4.11. The second-order valence-electron chi connectivity index (χ2n) is 8.53. The molecule has 1 aromatic carbocycles. The molecule has 3 unspecified atom stereocenters. The molecule has 1 radical (unpaired) electrons. The Kier molecular flexibility index (Phi) is 7.79. The minimum atomic E-state index is -1.41. The largest absolute Gasteiger partial charge is 0.110 e. The van der Waals surface area contributed by atoms with E-state index in [0.29, 0.717) is 5.92 Å². The quantitative estimate of drug-likeness (QED) is 0.345. The SMILES string of the molecule is C=CC(C)(C[B]CC(C)[Si](C)(C)c1ccccc1)CC(C)C(=C)C. The van der Waals surface area contributed by atoms with Gasteiger partial charge in [0, 0.05) is 0 Å². The minimum Gasteiger partial charge on any atom is -0.103 e. The summed E-state index contributed by atoms with van der Waals surface area (Å²) in [5.74, 6) is 0.550. The Morgan fingerprint density at radius 2 is 1.83 bits per heavy atom. The topological polar surface area (TPSA) is 0 Å². The number of benzene rings is 1. The van der Waals surface area contributed by atoms with Crippen LogP contribution in [-0.2, 0) is 0 Å². The molecule has 2 heteroatoms. The van der Waals surface area contributed by atoms with E-state index < -0.39 is 8.07 Å². The summed E-state index contributed by atoms with van der Waals surface area (Å²) in [5, 5.41) is 1.56. The Bertz CT molecular complexity index is 534. The number of allylic oxidation sites excluding steroid dienone is 2. The van der Waals surface area contributed by atoms with E-state index in [-0.39, 0.29) is 5.41 Å². The van der Waals surface area contributed by atoms with E-state index in [1.807, 2.05) is 0 Å². The van der Waals surface area contributed by atoms with Gasteiger partial charge in [0.25, 0.3) is 0 Å². The van der Waals surface area contributed by atoms with Crippen LogP contribution in [0.25, 0.3) is 0 Å². The molecule has 0 bridgehead atoms. The van der Waals surface area contributed by atoms with Crippen LogP contribution < -0.4 is 5.19 Å². The monoisotopic (exact) mass is 339 g/mol. The van der Waals surface area contributed by atoms with Crippen LogP contribution in [0.4, 0.5) is 0 Å². The lowest BCUT2D eigenvalue weighted by molar-refractivity contribution is 0.377. The maximum Gasteiger partial charge on any atom is 0.110 e. The van der Waals surface area contributed by atoms with Gasteiger partial charge >= 0.3 is 0 Å². The highest BCUT2D eigenvalue weighted by atomic mass is 28.3. The van der Waals surface area contributed by atoms with Crippen LogP contribution in [0.5, 0.6) is 0 Å². The lowest BCUT2D eigenvalue weighted by atomic mass is 9.59. The second-order valence-corrected chi connectivity index (χ2v) is 13.5. The Morgan fingerprint density at radius 1 is 1.25 bits per heavy atom. The van der Waals surface area contributed by atoms with Gasteiger partial charge in [0.1, 0.15) is 7.28 Å². The maximum absolute atomic E-state index is 4.11. The van der Waals surface area contributed by atoms with Gasteiger partial charge in [-0.3, -0.25) is 0 Å². The lowest BCUT2D eigenvalue weighted by Crippen LogP contribution is -2.45. The van der Waals surface area contributed by atoms with Crippen LogP contribution in [0.3, 0.4) is 0 Å². The van der Waals surface area contributed by atoms with Crippen molar-refractivity contribution in [3.05, 3.63) is 55.1 Å². The van der Waals surface area contributed by atoms with Gasteiger partial charge in [-0.2, -0.15) is 0 Å². The standard InChI is InChI=1S/C22H36BSi/c1-9-22(6,15-19(4)18(2)3)17-23-16-20(5)24(7,8)21-13-11-10-12-14-21/h9-14,19-20H,1-2,15-17H2,3-8H3. The minimum absolute atomic E-state index is 0.177. The van der Waals surface area contributed by atoms with E-state index in [9.17, 15) is 0 Å². The predicted octanol–water partition coefficient (Wildman–Crippen LogP) is 6.33. The smallest absolute Gasteiger partial charge is 0.103 e. The van der Waals surface area contributed by atoms with Crippen LogP contribution in [0.2, 0.25) is 31.3 Å². The first-order valence-corrected chi connectivity index (χ1v) is 12.4. The molecule has 0 nitrogen and oxygen atoms in total. The van der Waals surface area contributed by atoms with Gasteiger partial charge in [-0.1, -0.05) is 106 Å². The third-order valence-corrected chi connectivity index (χ3v) is 10.5. The molecule has 0 aliphatic carbocycles. The van der Waals surface area contributed by atoms with Crippen molar-refractivity contribution in [2.45, 2.75) is 65.4 Å². The van der Waals surface area contributed by atoms with Crippen LogP contribution in [0, 0.1) is 11.3 Å². The van der Waals surface area contributed by atoms with Crippen molar-refractivity contribution in [3.63, 3.8) is 0 Å². The number of hydrogen-bond acceptors (Lipinski definition) is 0. The molecule has 0 aromatic heterocycles. The third-order valence-electron chi connectivity index (χ3n) is 5.99. The van der Waals surface area contributed by atoms with Gasteiger partial charge < -0.3 is 0 Å². The third kappa shape index (κ3) is 5.81. The molecule has 0 saturated heterocycles. The summed E-state index contributed by atoms with van der Waals surface area (Å²) < 4.78 is 0. The molecule has 0 amide bonds. The fraction of sp³-hybridized carbons (Fsp3) is 0.545. The first-order valence-electron chi connectivity index (χ1n) is 9.28. The summed E-state index contributed by atoms with van der Waals surface area (Å²) in [6, 6.07) is 11.1. The summed E-state index contributed by atoms with van der Waals surface area (Å²) in [6.07, 6.45) is 5.58. The zero-order valence-corrected chi connectivity index (χ0v) is 17.7. The highest BCUT2D eigenvalue weighted by Crippen LogP contribution is 2.35. The second kappa shape index (κ2) is 8.90. The van der Waals surface area contributed by atoms with Crippen molar-refractivity contribution >= 4 is 20.5 Å². The average molecular weight is 339 g/mol. The van der Waals surface area contributed by atoms with Crippen molar-refractivity contribution in [1.29, 1.82) is 0 Å². The van der Waals surface area contributed by atoms with Gasteiger partial charge in [0.05, 0.1) is 8.07 Å². The van der Waals surface area contributed by atoms with Crippen LogP contribution in [-0.4, -0.2) is 15.4 Å². The van der Waals surface area contributed by atoms with Crippen molar-refractivity contribution in [2.24, 2.45) is 11.3 Å². The fourth-order valence-corrected chi connectivity index (χ4v) is 5.61. The molecule has 0 saturated carbocycles. The molecule has 24 heavy (non-hydrogen) atoms. The fourth-order valence-electron chi connectivity index (χ4n) is 3.23. The number of hydrogen-bond donors (Lipinski definition) is 0. The molecule has 0 aliphatic heterocycles. The first-order chi connectivity index (χ1) is 11.1. The average Bonchev–Trinajstić information content (AvgIpc) is 2.55. The molecule has 0 N–H and O–H groups in total. The van der Waals surface area contributed by atoms with Crippen molar-refractivity contribution in [1.82, 2.24) is 0 Å². The van der Waals surface area contributed by atoms with E-state index >= 15 is 0 Å². The Labute approximate surface area is 152 Å². The van der Waals surface area contributed by atoms with Gasteiger partial charge in [0.15, 0.2) is 0 Å². The molecule has 3 atom stereocenters. The summed E-state index contributed by atoms with van der Waals surface area (Å²) >= 11 is 0. The van der Waals surface area contributed by atoms with Gasteiger partial charge in [0.2, 0.25) is 0 Å². The summed E-state index contributed by atoms with van der Waals surface area (Å²) in [7, 11) is 1.10. The molecule has 131 valence electrons. The van der Waals surface area contributed by atoms with E-state index in [1.165, 1.54) is 11.9 Å². The van der Waals surface area contributed by atoms with E-state index in [0.717, 1.165) is 18.3 Å². The Morgan fingerprint density at radius 3 is 2.33 bits per heavy atom. The summed E-state index contributed by atoms with van der Waals surface area (Å²) in [4.78, 5) is 0. The summed E-state index contributed by atoms with van der Waals surface area (Å²) in [5.41, 5.74) is 2.19. The molecule has 0 aliphatic rings. The normalized spacial score (nSPS) is 16.8. The molecule has 0 spiro atoms. The zero-order chi connectivity index (χ0) is 18.4. The molecule has 1 rings (SSSR count). The highest BCUT2D eigenvalue weighted by Gasteiger charge is 2.31. The molecular formula is C22H36BSi. The zero-order valence-electron chi connectivity index (χ0n) is 16.7. The van der Waals surface area contributed by atoms with Gasteiger partial charge in [-0.25, -0.2) is 0 Å². The van der Waals surface area contributed by atoms with Crippen LogP contribution in [0.1, 0.15) is 34.1 Å². The number of rotatable bonds is 10. The van der Waals surface area contributed by atoms with Crippen molar-refractivity contribution in [3.8, 4) is 0 Å². The molecule has 0 fully saturated rings. The lowest BCUT2D eigenvalue weighted by Gasteiger charge is -2.33. The summed E-state index contributed by atoms with van der Waals surface area (Å²) in [6.45, 7) is 22.4. The van der Waals surface area contributed by atoms with Crippen molar-refractivity contribution in [2.75, 3.05) is 0 Å². The predicted molar refractivity (Wildman–Crippen MR) is 115 cm³/mol. The van der Waals surface area contributed by atoms with E-state index in [1.54, 1.807) is 5.19 Å². The van der Waals surface area contributed by atoms with Gasteiger partial charge in [-0.05, 0) is 24.7 Å². The molecule has 0 heterocycles. The van der Waals surface area contributed by atoms with Crippen LogP contribution >= 0.6 is 0 Å². The molecule has 1 aromatic rings. The molecular weight excluding hydrogens is 303 g/mol. The highest BCUT2D eigenvalue weighted by molar-refractivity contribution is 6.91. The van der Waals surface area contributed by atoms with Gasteiger partial charge in [-0.15, -0.1) is 6.58 Å². The van der Waals surface area contributed by atoms with Crippen molar-refractivity contribution < 1.29 is 0 Å². The van der Waals surface area contributed by atoms with Crippen LogP contribution in [0.15, 0.2) is 55.1 Å². The first kappa shape index (κ1) is 21.0. The van der Waals surface area contributed by atoms with E-state index in [2.05, 4.69) is 97.6 Å².